The van der Waals surface area contributed by atoms with Gasteiger partial charge in [-0.25, -0.2) is 14.4 Å². The number of hydrogen-bond acceptors (Lipinski definition) is 4. The first-order valence-electron chi connectivity index (χ1n) is 9.81. The topological polar surface area (TPSA) is 58.1 Å². The number of aromatic nitrogens is 2. The molecule has 0 bridgehead atoms. The Balaban J connectivity index is 1.51. The van der Waals surface area contributed by atoms with Gasteiger partial charge in [0, 0.05) is 30.8 Å². The molecular formula is C23H23FN4O. The molecule has 3 aromatic rings. The molecule has 0 radical (unpaired) electrons. The number of hydrogen-bond donors (Lipinski definition) is 1. The Kier molecular flexibility index (Phi) is 5.51. The maximum atomic E-state index is 13.9. The highest BCUT2D eigenvalue weighted by Gasteiger charge is 2.27. The Labute approximate surface area is 169 Å². The summed E-state index contributed by atoms with van der Waals surface area (Å²) in [7, 11) is 0. The Bertz CT molecular complexity index is 1020. The summed E-state index contributed by atoms with van der Waals surface area (Å²) >= 11 is 0. The number of halogens is 1. The Morgan fingerprint density at radius 1 is 1.14 bits per heavy atom. The van der Waals surface area contributed by atoms with E-state index in [4.69, 9.17) is 0 Å². The van der Waals surface area contributed by atoms with Gasteiger partial charge >= 0.3 is 0 Å². The van der Waals surface area contributed by atoms with E-state index in [2.05, 4.69) is 15.3 Å². The van der Waals surface area contributed by atoms with Crippen LogP contribution in [0.25, 0.3) is 0 Å². The van der Waals surface area contributed by atoms with Crippen LogP contribution < -0.4 is 5.32 Å². The van der Waals surface area contributed by atoms with E-state index in [9.17, 15) is 9.18 Å². The molecule has 0 spiro atoms. The SMILES string of the molecule is Cc1ccccc1C(=O)N1CCC[C@H](c2ccnc(Nc3ccccc3F)n2)C1. The summed E-state index contributed by atoms with van der Waals surface area (Å²) in [5.41, 5.74) is 2.93. The van der Waals surface area contributed by atoms with Gasteiger partial charge in [0.05, 0.1) is 11.4 Å². The molecule has 2 heterocycles. The number of likely N-dealkylation sites (tertiary alicyclic amines) is 1. The zero-order chi connectivity index (χ0) is 20.2. The number of nitrogens with zero attached hydrogens (tertiary/aromatic N) is 3. The van der Waals surface area contributed by atoms with Gasteiger partial charge in [0.25, 0.3) is 5.91 Å². The average Bonchev–Trinajstić information content (AvgIpc) is 2.76. The molecular weight excluding hydrogens is 367 g/mol. The van der Waals surface area contributed by atoms with Crippen molar-refractivity contribution in [2.75, 3.05) is 18.4 Å². The van der Waals surface area contributed by atoms with Crippen LogP contribution >= 0.6 is 0 Å². The van der Waals surface area contributed by atoms with Gasteiger partial charge in [-0.15, -0.1) is 0 Å². The van der Waals surface area contributed by atoms with Crippen LogP contribution in [0.3, 0.4) is 0 Å². The lowest BCUT2D eigenvalue weighted by atomic mass is 9.93. The van der Waals surface area contributed by atoms with Gasteiger partial charge in [0.2, 0.25) is 5.95 Å². The largest absolute Gasteiger partial charge is 0.338 e. The van der Waals surface area contributed by atoms with E-state index in [0.717, 1.165) is 36.2 Å². The van der Waals surface area contributed by atoms with Crippen LogP contribution in [-0.2, 0) is 0 Å². The van der Waals surface area contributed by atoms with E-state index < -0.39 is 0 Å². The molecule has 148 valence electrons. The second-order valence-corrected chi connectivity index (χ2v) is 7.32. The lowest BCUT2D eigenvalue weighted by Gasteiger charge is -2.33. The van der Waals surface area contributed by atoms with Crippen molar-refractivity contribution < 1.29 is 9.18 Å². The lowest BCUT2D eigenvalue weighted by Crippen LogP contribution is -2.39. The molecule has 1 atom stereocenters. The zero-order valence-corrected chi connectivity index (χ0v) is 16.3. The monoisotopic (exact) mass is 390 g/mol. The average molecular weight is 390 g/mol. The van der Waals surface area contributed by atoms with Crippen LogP contribution in [0.15, 0.2) is 60.8 Å². The molecule has 1 aliphatic heterocycles. The van der Waals surface area contributed by atoms with Crippen LogP contribution in [0.1, 0.15) is 40.4 Å². The normalized spacial score (nSPS) is 16.5. The van der Waals surface area contributed by atoms with Crippen molar-refractivity contribution in [2.24, 2.45) is 0 Å². The summed E-state index contributed by atoms with van der Waals surface area (Å²) in [6.07, 6.45) is 3.55. The highest BCUT2D eigenvalue weighted by Crippen LogP contribution is 2.28. The standard InChI is InChI=1S/C23H23FN4O/c1-16-7-2-3-9-18(16)22(29)28-14-6-8-17(15-28)20-12-13-25-23(26-20)27-21-11-5-4-10-19(21)24/h2-5,7,9-13,17H,6,8,14-15H2,1H3,(H,25,26,27)/t17-/m0/s1. The number of aryl methyl sites for hydroxylation is 1. The number of piperidine rings is 1. The minimum atomic E-state index is -0.353. The van der Waals surface area contributed by atoms with E-state index in [-0.39, 0.29) is 17.6 Å². The molecule has 0 saturated carbocycles. The van der Waals surface area contributed by atoms with Crippen LogP contribution in [-0.4, -0.2) is 33.9 Å². The number of rotatable bonds is 4. The maximum absolute atomic E-state index is 13.9. The third-order valence-corrected chi connectivity index (χ3v) is 5.30. The number of para-hydroxylation sites is 1. The highest BCUT2D eigenvalue weighted by atomic mass is 19.1. The zero-order valence-electron chi connectivity index (χ0n) is 16.3. The van der Waals surface area contributed by atoms with Crippen LogP contribution in [0.2, 0.25) is 0 Å². The third-order valence-electron chi connectivity index (χ3n) is 5.30. The molecule has 1 saturated heterocycles. The van der Waals surface area contributed by atoms with Crippen molar-refractivity contribution >= 4 is 17.5 Å². The van der Waals surface area contributed by atoms with E-state index in [1.807, 2.05) is 42.2 Å². The molecule has 1 amide bonds. The Morgan fingerprint density at radius 2 is 1.93 bits per heavy atom. The van der Waals surface area contributed by atoms with Gasteiger partial charge in [-0.05, 0) is 49.6 Å². The van der Waals surface area contributed by atoms with Gasteiger partial charge in [-0.2, -0.15) is 0 Å². The predicted molar refractivity (Wildman–Crippen MR) is 111 cm³/mol. The lowest BCUT2D eigenvalue weighted by molar-refractivity contribution is 0.0705. The molecule has 0 unspecified atom stereocenters. The van der Waals surface area contributed by atoms with Crippen molar-refractivity contribution in [3.63, 3.8) is 0 Å². The number of benzene rings is 2. The van der Waals surface area contributed by atoms with Crippen molar-refractivity contribution in [2.45, 2.75) is 25.7 Å². The van der Waals surface area contributed by atoms with Crippen molar-refractivity contribution in [3.05, 3.63) is 83.4 Å². The quantitative estimate of drug-likeness (QED) is 0.702. The van der Waals surface area contributed by atoms with Crippen LogP contribution in [0.4, 0.5) is 16.0 Å². The molecule has 2 aromatic carbocycles. The fourth-order valence-electron chi connectivity index (χ4n) is 3.73. The predicted octanol–water partition coefficient (Wildman–Crippen LogP) is 4.69. The van der Waals surface area contributed by atoms with Gasteiger partial charge in [0.15, 0.2) is 0 Å². The highest BCUT2D eigenvalue weighted by molar-refractivity contribution is 5.95. The molecule has 1 aromatic heterocycles. The first-order valence-corrected chi connectivity index (χ1v) is 9.81. The second-order valence-electron chi connectivity index (χ2n) is 7.32. The number of nitrogens with one attached hydrogen (secondary N) is 1. The number of anilines is 2. The summed E-state index contributed by atoms with van der Waals surface area (Å²) in [5.74, 6) is 0.191. The third kappa shape index (κ3) is 4.26. The van der Waals surface area contributed by atoms with Crippen molar-refractivity contribution in [1.29, 1.82) is 0 Å². The molecule has 29 heavy (non-hydrogen) atoms. The molecule has 1 N–H and O–H groups in total. The summed E-state index contributed by atoms with van der Waals surface area (Å²) in [5, 5.41) is 2.94. The minimum absolute atomic E-state index is 0.0616. The number of carbonyl (C=O) groups excluding carboxylic acids is 1. The van der Waals surface area contributed by atoms with E-state index >= 15 is 0 Å². The Hall–Kier alpha value is -3.28. The summed E-state index contributed by atoms with van der Waals surface area (Å²) < 4.78 is 13.9. The van der Waals surface area contributed by atoms with Crippen molar-refractivity contribution in [3.8, 4) is 0 Å². The minimum Gasteiger partial charge on any atom is -0.338 e. The van der Waals surface area contributed by atoms with Gasteiger partial charge < -0.3 is 10.2 Å². The smallest absolute Gasteiger partial charge is 0.254 e. The molecule has 5 nitrogen and oxygen atoms in total. The molecule has 4 rings (SSSR count). The van der Waals surface area contributed by atoms with Crippen LogP contribution in [0, 0.1) is 12.7 Å². The summed E-state index contributed by atoms with van der Waals surface area (Å²) in [4.78, 5) is 23.7. The van der Waals surface area contributed by atoms with E-state index in [1.165, 1.54) is 6.07 Å². The van der Waals surface area contributed by atoms with Gasteiger partial charge in [0.1, 0.15) is 5.82 Å². The second kappa shape index (κ2) is 8.39. The number of carbonyl (C=O) groups is 1. The first-order chi connectivity index (χ1) is 14.1. The molecule has 0 aliphatic carbocycles. The van der Waals surface area contributed by atoms with E-state index in [1.54, 1.807) is 24.4 Å². The maximum Gasteiger partial charge on any atom is 0.254 e. The Morgan fingerprint density at radius 3 is 2.76 bits per heavy atom. The van der Waals surface area contributed by atoms with Gasteiger partial charge in [-0.1, -0.05) is 30.3 Å². The molecule has 1 aliphatic rings. The first kappa shape index (κ1) is 19.1. The number of amides is 1. The van der Waals surface area contributed by atoms with Gasteiger partial charge in [-0.3, -0.25) is 4.79 Å². The summed E-state index contributed by atoms with van der Waals surface area (Å²) in [6.45, 7) is 3.32. The van der Waals surface area contributed by atoms with E-state index in [0.29, 0.717) is 18.2 Å². The molecule has 6 heteroatoms. The fourth-order valence-corrected chi connectivity index (χ4v) is 3.73. The van der Waals surface area contributed by atoms with Crippen LogP contribution in [0.5, 0.6) is 0 Å². The molecule has 1 fully saturated rings. The van der Waals surface area contributed by atoms with Crippen molar-refractivity contribution in [1.82, 2.24) is 14.9 Å². The fraction of sp³-hybridized carbons (Fsp3) is 0.261. The summed E-state index contributed by atoms with van der Waals surface area (Å²) in [6, 6.07) is 16.0.